The van der Waals surface area contributed by atoms with Gasteiger partial charge in [0, 0.05) is 11.9 Å². The van der Waals surface area contributed by atoms with E-state index in [1.54, 1.807) is 0 Å². The van der Waals surface area contributed by atoms with Crippen LogP contribution in [0.1, 0.15) is 20.3 Å². The number of aliphatic hydroxyl groups excluding tert-OH is 1. The van der Waals surface area contributed by atoms with E-state index in [1.807, 2.05) is 0 Å². The minimum Gasteiger partial charge on any atom is -0.396 e. The average molecular weight is 195 g/mol. The van der Waals surface area contributed by atoms with E-state index in [9.17, 15) is 0 Å². The van der Waals surface area contributed by atoms with Gasteiger partial charge in [0.25, 0.3) is 0 Å². The second kappa shape index (κ2) is 5.24. The van der Waals surface area contributed by atoms with Gasteiger partial charge in [0.05, 0.1) is 0 Å². The molecule has 0 heterocycles. The molecule has 2 unspecified atom stereocenters. The first-order valence-electron chi connectivity index (χ1n) is 3.39. The predicted octanol–water partition coefficient (Wildman–Crippen LogP) is 2.04. The Morgan fingerprint density at radius 1 is 1.33 bits per heavy atom. The van der Waals surface area contributed by atoms with Gasteiger partial charge in [0.1, 0.15) is 0 Å². The molecule has 0 rings (SSSR count). The molecule has 0 saturated heterocycles. The maximum atomic E-state index is 8.57. The smallest absolute Gasteiger partial charge is 0.0433 e. The van der Waals surface area contributed by atoms with Gasteiger partial charge < -0.3 is 5.11 Å². The third kappa shape index (κ3) is 3.93. The summed E-state index contributed by atoms with van der Waals surface area (Å²) in [6, 6.07) is 0. The zero-order valence-corrected chi connectivity index (χ0v) is 7.69. The van der Waals surface area contributed by atoms with Crippen LogP contribution in [-0.2, 0) is 0 Å². The van der Waals surface area contributed by atoms with Gasteiger partial charge in [-0.1, -0.05) is 29.8 Å². The predicted molar refractivity (Wildman–Crippen MR) is 43.8 cm³/mol. The van der Waals surface area contributed by atoms with Crippen LogP contribution in [0.3, 0.4) is 0 Å². The molecular weight excluding hydrogens is 180 g/mol. The van der Waals surface area contributed by atoms with Crippen molar-refractivity contribution < 1.29 is 5.11 Å². The van der Waals surface area contributed by atoms with Gasteiger partial charge in [0.2, 0.25) is 0 Å². The van der Waals surface area contributed by atoms with Crippen LogP contribution in [0.15, 0.2) is 0 Å². The van der Waals surface area contributed by atoms with Crippen molar-refractivity contribution in [3.05, 3.63) is 0 Å². The van der Waals surface area contributed by atoms with E-state index < -0.39 is 0 Å². The Bertz CT molecular complexity index is 65.9. The number of alkyl halides is 1. The number of hydrogen-bond acceptors (Lipinski definition) is 1. The van der Waals surface area contributed by atoms with Crippen LogP contribution in [0.4, 0.5) is 0 Å². The first kappa shape index (κ1) is 9.44. The largest absolute Gasteiger partial charge is 0.396 e. The van der Waals surface area contributed by atoms with Crippen molar-refractivity contribution in [1.82, 2.24) is 0 Å². The highest BCUT2D eigenvalue weighted by Crippen LogP contribution is 2.15. The minimum atomic E-state index is 0.318. The Balaban J connectivity index is 3.32. The summed E-state index contributed by atoms with van der Waals surface area (Å²) in [6.07, 6.45) is 0.923. The van der Waals surface area contributed by atoms with Crippen LogP contribution in [-0.4, -0.2) is 17.0 Å². The number of halogens is 1. The van der Waals surface area contributed by atoms with Crippen molar-refractivity contribution in [2.45, 2.75) is 20.3 Å². The molecule has 0 radical (unpaired) electrons. The quantitative estimate of drug-likeness (QED) is 0.680. The highest BCUT2D eigenvalue weighted by atomic mass is 79.9. The average Bonchev–Trinajstić information content (AvgIpc) is 1.87. The highest BCUT2D eigenvalue weighted by Gasteiger charge is 2.08. The van der Waals surface area contributed by atoms with Gasteiger partial charge in [-0.25, -0.2) is 0 Å². The summed E-state index contributed by atoms with van der Waals surface area (Å²) < 4.78 is 0. The molecule has 0 aromatic rings. The number of rotatable bonds is 4. The minimum absolute atomic E-state index is 0.318. The molecule has 1 N–H and O–H groups in total. The van der Waals surface area contributed by atoms with Crippen molar-refractivity contribution in [2.24, 2.45) is 11.8 Å². The summed E-state index contributed by atoms with van der Waals surface area (Å²) in [7, 11) is 0. The Hall–Kier alpha value is 0.440. The lowest BCUT2D eigenvalue weighted by Gasteiger charge is -2.15. The van der Waals surface area contributed by atoms with Crippen LogP contribution in [0.25, 0.3) is 0 Å². The van der Waals surface area contributed by atoms with E-state index >= 15 is 0 Å². The molecule has 0 aliphatic rings. The zero-order chi connectivity index (χ0) is 7.28. The monoisotopic (exact) mass is 194 g/mol. The standard InChI is InChI=1S/C7H15BrO/c1-6(3-4-9)7(2)5-8/h6-7,9H,3-5H2,1-2H3. The summed E-state index contributed by atoms with van der Waals surface area (Å²) >= 11 is 3.40. The number of hydrogen-bond donors (Lipinski definition) is 1. The van der Waals surface area contributed by atoms with Crippen LogP contribution in [0.2, 0.25) is 0 Å². The maximum Gasteiger partial charge on any atom is 0.0433 e. The first-order valence-corrected chi connectivity index (χ1v) is 4.51. The van der Waals surface area contributed by atoms with E-state index in [0.717, 1.165) is 11.8 Å². The summed E-state index contributed by atoms with van der Waals surface area (Å²) in [5.41, 5.74) is 0. The number of aliphatic hydroxyl groups is 1. The molecule has 0 saturated carbocycles. The molecule has 1 nitrogen and oxygen atoms in total. The summed E-state index contributed by atoms with van der Waals surface area (Å²) in [5, 5.41) is 9.60. The van der Waals surface area contributed by atoms with E-state index in [-0.39, 0.29) is 0 Å². The van der Waals surface area contributed by atoms with Crippen molar-refractivity contribution >= 4 is 15.9 Å². The van der Waals surface area contributed by atoms with Gasteiger partial charge in [-0.3, -0.25) is 0 Å². The molecule has 0 amide bonds. The molecule has 0 aromatic heterocycles. The fourth-order valence-corrected chi connectivity index (χ4v) is 1.28. The van der Waals surface area contributed by atoms with Crippen LogP contribution >= 0.6 is 15.9 Å². The maximum absolute atomic E-state index is 8.57. The third-order valence-corrected chi connectivity index (χ3v) is 2.82. The molecule has 0 aliphatic heterocycles. The molecule has 2 heteroatoms. The van der Waals surface area contributed by atoms with Crippen molar-refractivity contribution in [3.63, 3.8) is 0 Å². The van der Waals surface area contributed by atoms with Gasteiger partial charge in [-0.15, -0.1) is 0 Å². The first-order chi connectivity index (χ1) is 4.22. The molecule has 9 heavy (non-hydrogen) atoms. The van der Waals surface area contributed by atoms with Gasteiger partial charge in [-0.05, 0) is 18.3 Å². The van der Waals surface area contributed by atoms with Crippen LogP contribution in [0, 0.1) is 11.8 Å². The Morgan fingerprint density at radius 2 is 1.89 bits per heavy atom. The second-order valence-corrected chi connectivity index (χ2v) is 3.27. The summed E-state index contributed by atoms with van der Waals surface area (Å²) in [5.74, 6) is 1.31. The Morgan fingerprint density at radius 3 is 2.22 bits per heavy atom. The van der Waals surface area contributed by atoms with E-state index in [1.165, 1.54) is 0 Å². The lowest BCUT2D eigenvalue weighted by Crippen LogP contribution is -2.10. The SMILES string of the molecule is CC(CBr)C(C)CCO. The molecule has 0 aromatic carbocycles. The summed E-state index contributed by atoms with van der Waals surface area (Å²) in [6.45, 7) is 4.68. The second-order valence-electron chi connectivity index (χ2n) is 2.62. The normalized spacial score (nSPS) is 17.3. The lowest BCUT2D eigenvalue weighted by atomic mass is 9.95. The van der Waals surface area contributed by atoms with Gasteiger partial charge in [0.15, 0.2) is 0 Å². The molecule has 2 atom stereocenters. The fraction of sp³-hybridized carbons (Fsp3) is 1.00. The Labute approximate surface area is 65.6 Å². The lowest BCUT2D eigenvalue weighted by molar-refractivity contribution is 0.242. The molecular formula is C7H15BrO. The van der Waals surface area contributed by atoms with Crippen molar-refractivity contribution in [1.29, 1.82) is 0 Å². The van der Waals surface area contributed by atoms with E-state index in [4.69, 9.17) is 5.11 Å². The van der Waals surface area contributed by atoms with E-state index in [0.29, 0.717) is 18.4 Å². The third-order valence-electron chi connectivity index (χ3n) is 1.80. The summed E-state index contributed by atoms with van der Waals surface area (Å²) in [4.78, 5) is 0. The van der Waals surface area contributed by atoms with Crippen LogP contribution < -0.4 is 0 Å². The Kier molecular flexibility index (Phi) is 5.50. The van der Waals surface area contributed by atoms with Crippen LogP contribution in [0.5, 0.6) is 0 Å². The topological polar surface area (TPSA) is 20.2 Å². The molecule has 0 spiro atoms. The zero-order valence-electron chi connectivity index (χ0n) is 6.10. The fourth-order valence-electron chi connectivity index (χ4n) is 0.640. The van der Waals surface area contributed by atoms with E-state index in [2.05, 4.69) is 29.8 Å². The van der Waals surface area contributed by atoms with Gasteiger partial charge >= 0.3 is 0 Å². The molecule has 56 valence electrons. The van der Waals surface area contributed by atoms with Crippen molar-refractivity contribution in [2.75, 3.05) is 11.9 Å². The molecule has 0 fully saturated rings. The molecule has 0 bridgehead atoms. The van der Waals surface area contributed by atoms with Crippen molar-refractivity contribution in [3.8, 4) is 0 Å². The molecule has 0 aliphatic carbocycles. The highest BCUT2D eigenvalue weighted by molar-refractivity contribution is 9.09. The van der Waals surface area contributed by atoms with Gasteiger partial charge in [-0.2, -0.15) is 0 Å².